The third-order valence-electron chi connectivity index (χ3n) is 4.31. The minimum atomic E-state index is -2.31. The van der Waals surface area contributed by atoms with Gasteiger partial charge in [0.25, 0.3) is 0 Å². The van der Waals surface area contributed by atoms with E-state index in [-0.39, 0.29) is 11.0 Å². The number of ether oxygens (including phenoxy) is 1. The van der Waals surface area contributed by atoms with Crippen LogP contribution in [0, 0.1) is 0 Å². The molecule has 0 amide bonds. The summed E-state index contributed by atoms with van der Waals surface area (Å²) in [5, 5.41) is 2.58. The van der Waals surface area contributed by atoms with Gasteiger partial charge in [0, 0.05) is 6.08 Å². The summed E-state index contributed by atoms with van der Waals surface area (Å²) in [7, 11) is -0.895. The molecule has 2 aromatic carbocycles. The number of carbonyl (C=O) groups excluding carboxylic acids is 1. The molecule has 0 fully saturated rings. The third kappa shape index (κ3) is 3.45. The van der Waals surface area contributed by atoms with Gasteiger partial charge in [0.1, 0.15) is 8.07 Å². The highest BCUT2D eigenvalue weighted by Crippen LogP contribution is 2.36. The van der Waals surface area contributed by atoms with E-state index in [1.165, 1.54) is 17.5 Å². The molecule has 0 unspecified atom stereocenters. The Balaban J connectivity index is 2.75. The lowest BCUT2D eigenvalue weighted by molar-refractivity contribution is -0.134. The number of methoxy groups -OCH3 is 1. The van der Waals surface area contributed by atoms with E-state index in [1.807, 2.05) is 12.1 Å². The molecule has 0 atom stereocenters. The quantitative estimate of drug-likeness (QED) is 0.490. The number of hydrogen-bond acceptors (Lipinski definition) is 2. The summed E-state index contributed by atoms with van der Waals surface area (Å²) in [5.74, 6) is -0.307. The second kappa shape index (κ2) is 6.96. The Kier molecular flexibility index (Phi) is 5.22. The lowest BCUT2D eigenvalue weighted by Crippen LogP contribution is -2.63. The minimum absolute atomic E-state index is 0.000226. The Hall–Kier alpha value is -2.13. The van der Waals surface area contributed by atoms with Gasteiger partial charge in [0.05, 0.1) is 7.11 Å². The summed E-state index contributed by atoms with van der Waals surface area (Å²) in [6, 6.07) is 21.0. The fourth-order valence-electron chi connectivity index (χ4n) is 3.14. The zero-order chi connectivity index (χ0) is 16.9. The van der Waals surface area contributed by atoms with Gasteiger partial charge >= 0.3 is 5.97 Å². The molecule has 23 heavy (non-hydrogen) atoms. The van der Waals surface area contributed by atoms with Crippen LogP contribution in [-0.4, -0.2) is 21.2 Å². The van der Waals surface area contributed by atoms with E-state index in [1.54, 1.807) is 6.08 Å². The Labute approximate surface area is 139 Å². The van der Waals surface area contributed by atoms with Crippen molar-refractivity contribution in [3.8, 4) is 0 Å². The first kappa shape index (κ1) is 17.2. The highest BCUT2D eigenvalue weighted by molar-refractivity contribution is 7.07. The lowest BCUT2D eigenvalue weighted by Gasteiger charge is -2.41. The fraction of sp³-hybridized carbons (Fsp3) is 0.250. The maximum Gasteiger partial charge on any atom is 0.329 e. The molecule has 0 heterocycles. The Bertz CT molecular complexity index is 630. The van der Waals surface area contributed by atoms with Gasteiger partial charge in [-0.25, -0.2) is 4.79 Å². The van der Waals surface area contributed by atoms with Crippen molar-refractivity contribution in [3.63, 3.8) is 0 Å². The van der Waals surface area contributed by atoms with Gasteiger partial charge in [-0.15, -0.1) is 0 Å². The maximum atomic E-state index is 11.8. The lowest BCUT2D eigenvalue weighted by atomic mass is 10.2. The number of hydrogen-bond donors (Lipinski definition) is 0. The van der Waals surface area contributed by atoms with Gasteiger partial charge in [-0.1, -0.05) is 87.1 Å². The van der Waals surface area contributed by atoms with Gasteiger partial charge < -0.3 is 4.74 Å². The van der Waals surface area contributed by atoms with E-state index in [2.05, 4.69) is 75.0 Å². The van der Waals surface area contributed by atoms with E-state index in [0.29, 0.717) is 0 Å². The van der Waals surface area contributed by atoms with Crippen molar-refractivity contribution in [2.24, 2.45) is 0 Å². The summed E-state index contributed by atoms with van der Waals surface area (Å²) in [4.78, 5) is 11.8. The summed E-state index contributed by atoms with van der Waals surface area (Å²) in [5.41, 5.74) is 2.11. The maximum absolute atomic E-state index is 11.8. The number of benzene rings is 2. The van der Waals surface area contributed by atoms with Crippen molar-refractivity contribution >= 4 is 24.4 Å². The Morgan fingerprint density at radius 2 is 1.35 bits per heavy atom. The molecule has 0 radical (unpaired) electrons. The van der Waals surface area contributed by atoms with Gasteiger partial charge in [-0.2, -0.15) is 0 Å². The molecule has 0 N–H and O–H groups in total. The fourth-order valence-corrected chi connectivity index (χ4v) is 7.91. The molecule has 0 saturated carbocycles. The van der Waals surface area contributed by atoms with E-state index in [9.17, 15) is 4.79 Å². The molecule has 0 saturated heterocycles. The molecule has 0 bridgehead atoms. The van der Waals surface area contributed by atoms with Crippen molar-refractivity contribution in [1.29, 1.82) is 0 Å². The molecule has 2 rings (SSSR count). The van der Waals surface area contributed by atoms with Crippen LogP contribution in [-0.2, 0) is 9.53 Å². The second-order valence-corrected chi connectivity index (χ2v) is 11.3. The predicted molar refractivity (Wildman–Crippen MR) is 98.8 cm³/mol. The normalized spacial score (nSPS) is 12.3. The summed E-state index contributed by atoms with van der Waals surface area (Å²) < 4.78 is 4.83. The Morgan fingerprint density at radius 3 is 1.70 bits per heavy atom. The van der Waals surface area contributed by atoms with Crippen LogP contribution in [0.15, 0.2) is 72.4 Å². The third-order valence-corrected chi connectivity index (χ3v) is 9.83. The standard InChI is InChI=1S/C20H24O2Si/c1-20(2,3)23(16-15-19(21)22-4,17-11-7-5-8-12-17)18-13-9-6-10-14-18/h5-16H,1-4H3. The van der Waals surface area contributed by atoms with E-state index >= 15 is 0 Å². The molecule has 120 valence electrons. The zero-order valence-corrected chi connectivity index (χ0v) is 15.2. The SMILES string of the molecule is COC(=O)C=C[Si](c1ccccc1)(c1ccccc1)C(C)(C)C. The minimum Gasteiger partial charge on any atom is -0.466 e. The molecular formula is C20H24O2Si. The topological polar surface area (TPSA) is 26.3 Å². The number of carbonyl (C=O) groups is 1. The van der Waals surface area contributed by atoms with Crippen molar-refractivity contribution in [3.05, 3.63) is 72.4 Å². The van der Waals surface area contributed by atoms with Gasteiger partial charge in [0.15, 0.2) is 0 Å². The van der Waals surface area contributed by atoms with Gasteiger partial charge in [0.2, 0.25) is 0 Å². The van der Waals surface area contributed by atoms with Gasteiger partial charge in [-0.05, 0) is 15.4 Å². The Morgan fingerprint density at radius 1 is 0.913 bits per heavy atom. The molecule has 2 nitrogen and oxygen atoms in total. The highest BCUT2D eigenvalue weighted by Gasteiger charge is 2.45. The van der Waals surface area contributed by atoms with Crippen LogP contribution < -0.4 is 10.4 Å². The smallest absolute Gasteiger partial charge is 0.329 e. The largest absolute Gasteiger partial charge is 0.466 e. The van der Waals surface area contributed by atoms with Crippen LogP contribution in [0.3, 0.4) is 0 Å². The molecular weight excluding hydrogens is 300 g/mol. The first-order valence-electron chi connectivity index (χ1n) is 7.80. The molecule has 2 aromatic rings. The van der Waals surface area contributed by atoms with Crippen LogP contribution in [0.1, 0.15) is 20.8 Å². The summed E-state index contributed by atoms with van der Waals surface area (Å²) in [6.07, 6.45) is 1.59. The van der Waals surface area contributed by atoms with Crippen molar-refractivity contribution in [2.45, 2.75) is 25.8 Å². The van der Waals surface area contributed by atoms with Crippen LogP contribution in [0.5, 0.6) is 0 Å². The van der Waals surface area contributed by atoms with E-state index < -0.39 is 8.07 Å². The van der Waals surface area contributed by atoms with Crippen molar-refractivity contribution < 1.29 is 9.53 Å². The molecule has 3 heteroatoms. The predicted octanol–water partition coefficient (Wildman–Crippen LogP) is 3.32. The zero-order valence-electron chi connectivity index (χ0n) is 14.2. The van der Waals surface area contributed by atoms with Crippen molar-refractivity contribution in [1.82, 2.24) is 0 Å². The molecule has 0 aliphatic rings. The van der Waals surface area contributed by atoms with Crippen LogP contribution in [0.2, 0.25) is 5.04 Å². The highest BCUT2D eigenvalue weighted by atomic mass is 28.3. The average molecular weight is 324 g/mol. The summed E-state index contributed by atoms with van der Waals surface area (Å²) in [6.45, 7) is 6.75. The molecule has 0 aliphatic heterocycles. The van der Waals surface area contributed by atoms with Crippen LogP contribution in [0.25, 0.3) is 0 Å². The van der Waals surface area contributed by atoms with Crippen LogP contribution in [0.4, 0.5) is 0 Å². The van der Waals surface area contributed by atoms with Crippen LogP contribution >= 0.6 is 0 Å². The monoisotopic (exact) mass is 324 g/mol. The number of esters is 1. The molecule has 0 aromatic heterocycles. The van der Waals surface area contributed by atoms with Gasteiger partial charge in [-0.3, -0.25) is 0 Å². The van der Waals surface area contributed by atoms with E-state index in [0.717, 1.165) is 0 Å². The van der Waals surface area contributed by atoms with E-state index in [4.69, 9.17) is 4.74 Å². The second-order valence-electron chi connectivity index (χ2n) is 6.65. The number of rotatable bonds is 4. The average Bonchev–Trinajstić information content (AvgIpc) is 2.56. The first-order valence-corrected chi connectivity index (χ1v) is 9.88. The first-order chi connectivity index (χ1) is 10.9. The summed E-state index contributed by atoms with van der Waals surface area (Å²) >= 11 is 0. The molecule has 0 aliphatic carbocycles. The van der Waals surface area contributed by atoms with Crippen molar-refractivity contribution in [2.75, 3.05) is 7.11 Å². The molecule has 0 spiro atoms.